The molecule has 1 amide bonds. The molecule has 0 radical (unpaired) electrons. The highest BCUT2D eigenvalue weighted by molar-refractivity contribution is 5.92. The van der Waals surface area contributed by atoms with Gasteiger partial charge in [-0.25, -0.2) is 0 Å². The number of anilines is 1. The topological polar surface area (TPSA) is 59.6 Å². The van der Waals surface area contributed by atoms with E-state index in [-0.39, 0.29) is 12.5 Å². The van der Waals surface area contributed by atoms with E-state index in [4.69, 9.17) is 9.47 Å². The third-order valence-corrected chi connectivity index (χ3v) is 3.66. The normalized spacial score (nSPS) is 10.3. The van der Waals surface area contributed by atoms with E-state index in [0.29, 0.717) is 18.0 Å². The smallest absolute Gasteiger partial charge is 0.238 e. The van der Waals surface area contributed by atoms with E-state index in [2.05, 4.69) is 10.6 Å². The van der Waals surface area contributed by atoms with Crippen molar-refractivity contribution in [3.05, 3.63) is 53.6 Å². The Kier molecular flexibility index (Phi) is 6.63. The largest absolute Gasteiger partial charge is 0.493 e. The first kappa shape index (κ1) is 17.8. The van der Waals surface area contributed by atoms with E-state index < -0.39 is 0 Å². The maximum atomic E-state index is 11.9. The molecule has 2 aromatic carbocycles. The van der Waals surface area contributed by atoms with Crippen LogP contribution in [0.15, 0.2) is 42.5 Å². The molecule has 0 bridgehead atoms. The summed E-state index contributed by atoms with van der Waals surface area (Å²) in [5, 5.41) is 6.01. The molecule has 24 heavy (non-hydrogen) atoms. The van der Waals surface area contributed by atoms with Gasteiger partial charge in [0.2, 0.25) is 5.91 Å². The summed E-state index contributed by atoms with van der Waals surface area (Å²) < 4.78 is 10.5. The fourth-order valence-corrected chi connectivity index (χ4v) is 2.31. The highest BCUT2D eigenvalue weighted by Crippen LogP contribution is 2.27. The Bertz CT molecular complexity index is 669. The van der Waals surface area contributed by atoms with Crippen LogP contribution in [0.5, 0.6) is 11.5 Å². The Morgan fingerprint density at radius 3 is 2.38 bits per heavy atom. The molecule has 0 fully saturated rings. The van der Waals surface area contributed by atoms with Crippen LogP contribution in [0, 0.1) is 6.92 Å². The lowest BCUT2D eigenvalue weighted by atomic mass is 10.1. The summed E-state index contributed by atoms with van der Waals surface area (Å²) in [6.07, 6.45) is 0.804. The van der Waals surface area contributed by atoms with E-state index in [1.165, 1.54) is 5.56 Å². The highest BCUT2D eigenvalue weighted by atomic mass is 16.5. The maximum absolute atomic E-state index is 11.9. The minimum atomic E-state index is -0.0498. The minimum absolute atomic E-state index is 0.0498. The fourth-order valence-electron chi connectivity index (χ4n) is 2.31. The number of hydrogen-bond acceptors (Lipinski definition) is 4. The number of amides is 1. The van der Waals surface area contributed by atoms with E-state index in [1.54, 1.807) is 14.2 Å². The standard InChI is InChI=1S/C19H24N2O3/c1-14-4-7-16(8-5-14)21-19(22)13-20-11-10-15-6-9-17(23-2)18(12-15)24-3/h4-9,12,20H,10-11,13H2,1-3H3,(H,21,22). The van der Waals surface area contributed by atoms with Gasteiger partial charge in [-0.05, 0) is 49.7 Å². The zero-order chi connectivity index (χ0) is 17.4. The summed E-state index contributed by atoms with van der Waals surface area (Å²) in [6, 6.07) is 13.6. The SMILES string of the molecule is COc1ccc(CCNCC(=O)Nc2ccc(C)cc2)cc1OC. The summed E-state index contributed by atoms with van der Waals surface area (Å²) in [7, 11) is 3.24. The molecule has 0 aromatic heterocycles. The second-order valence-electron chi connectivity index (χ2n) is 5.53. The Balaban J connectivity index is 1.74. The van der Waals surface area contributed by atoms with Crippen LogP contribution >= 0.6 is 0 Å². The fraction of sp³-hybridized carbons (Fsp3) is 0.316. The first-order chi connectivity index (χ1) is 11.6. The molecule has 2 rings (SSSR count). The van der Waals surface area contributed by atoms with Crippen molar-refractivity contribution in [1.29, 1.82) is 0 Å². The van der Waals surface area contributed by atoms with Crippen molar-refractivity contribution in [2.24, 2.45) is 0 Å². The van der Waals surface area contributed by atoms with Crippen molar-refractivity contribution < 1.29 is 14.3 Å². The second-order valence-corrected chi connectivity index (χ2v) is 5.53. The van der Waals surface area contributed by atoms with E-state index in [9.17, 15) is 4.79 Å². The average Bonchev–Trinajstić information content (AvgIpc) is 2.60. The van der Waals surface area contributed by atoms with Crippen LogP contribution in [0.4, 0.5) is 5.69 Å². The van der Waals surface area contributed by atoms with Crippen LogP contribution in [0.2, 0.25) is 0 Å². The Morgan fingerprint density at radius 1 is 1.00 bits per heavy atom. The van der Waals surface area contributed by atoms with Crippen LogP contribution in [0.3, 0.4) is 0 Å². The zero-order valence-electron chi connectivity index (χ0n) is 14.4. The lowest BCUT2D eigenvalue weighted by molar-refractivity contribution is -0.115. The molecule has 2 N–H and O–H groups in total. The molecular formula is C19H24N2O3. The quantitative estimate of drug-likeness (QED) is 0.732. The maximum Gasteiger partial charge on any atom is 0.238 e. The molecule has 0 heterocycles. The number of rotatable bonds is 8. The number of carbonyl (C=O) groups is 1. The molecule has 0 atom stereocenters. The summed E-state index contributed by atoms with van der Waals surface area (Å²) in [5.74, 6) is 1.38. The van der Waals surface area contributed by atoms with Gasteiger partial charge in [0.05, 0.1) is 20.8 Å². The molecule has 0 saturated heterocycles. The molecular weight excluding hydrogens is 304 g/mol. The highest BCUT2D eigenvalue weighted by Gasteiger charge is 2.05. The molecule has 0 spiro atoms. The van der Waals surface area contributed by atoms with Crippen molar-refractivity contribution in [3.63, 3.8) is 0 Å². The number of hydrogen-bond donors (Lipinski definition) is 2. The molecule has 5 heteroatoms. The Morgan fingerprint density at radius 2 is 1.71 bits per heavy atom. The van der Waals surface area contributed by atoms with Gasteiger partial charge in [0.15, 0.2) is 11.5 Å². The van der Waals surface area contributed by atoms with E-state index in [1.807, 2.05) is 49.4 Å². The van der Waals surface area contributed by atoms with Crippen LogP contribution in [0.1, 0.15) is 11.1 Å². The lowest BCUT2D eigenvalue weighted by Crippen LogP contribution is -2.29. The van der Waals surface area contributed by atoms with Gasteiger partial charge >= 0.3 is 0 Å². The van der Waals surface area contributed by atoms with Gasteiger partial charge < -0.3 is 20.1 Å². The van der Waals surface area contributed by atoms with Crippen molar-refractivity contribution in [2.45, 2.75) is 13.3 Å². The first-order valence-electron chi connectivity index (χ1n) is 7.90. The molecule has 0 aliphatic rings. The van der Waals surface area contributed by atoms with Crippen LogP contribution in [0.25, 0.3) is 0 Å². The number of ether oxygens (including phenoxy) is 2. The van der Waals surface area contributed by atoms with Gasteiger partial charge in [-0.3, -0.25) is 4.79 Å². The van der Waals surface area contributed by atoms with Gasteiger partial charge in [-0.15, -0.1) is 0 Å². The molecule has 0 aliphatic heterocycles. The van der Waals surface area contributed by atoms with Crippen LogP contribution < -0.4 is 20.1 Å². The van der Waals surface area contributed by atoms with Crippen molar-refractivity contribution in [1.82, 2.24) is 5.32 Å². The van der Waals surface area contributed by atoms with E-state index in [0.717, 1.165) is 17.7 Å². The average molecular weight is 328 g/mol. The van der Waals surface area contributed by atoms with Crippen molar-refractivity contribution in [2.75, 3.05) is 32.6 Å². The third-order valence-electron chi connectivity index (χ3n) is 3.66. The van der Waals surface area contributed by atoms with Crippen molar-refractivity contribution in [3.8, 4) is 11.5 Å². The van der Waals surface area contributed by atoms with Crippen molar-refractivity contribution >= 4 is 11.6 Å². The second kappa shape index (κ2) is 8.93. The predicted octanol–water partition coefficient (Wildman–Crippen LogP) is 2.78. The Labute approximate surface area is 143 Å². The van der Waals surface area contributed by atoms with Gasteiger partial charge in [-0.1, -0.05) is 23.8 Å². The Hall–Kier alpha value is -2.53. The summed E-state index contributed by atoms with van der Waals surface area (Å²) in [4.78, 5) is 11.9. The van der Waals surface area contributed by atoms with Gasteiger partial charge in [0.25, 0.3) is 0 Å². The molecule has 0 unspecified atom stereocenters. The summed E-state index contributed by atoms with van der Waals surface area (Å²) in [6.45, 7) is 3.00. The van der Waals surface area contributed by atoms with Gasteiger partial charge in [0.1, 0.15) is 0 Å². The molecule has 2 aromatic rings. The van der Waals surface area contributed by atoms with Gasteiger partial charge in [-0.2, -0.15) is 0 Å². The number of aryl methyl sites for hydroxylation is 1. The van der Waals surface area contributed by atoms with E-state index >= 15 is 0 Å². The zero-order valence-corrected chi connectivity index (χ0v) is 14.4. The number of benzene rings is 2. The molecule has 128 valence electrons. The van der Waals surface area contributed by atoms with Crippen LogP contribution in [-0.2, 0) is 11.2 Å². The number of methoxy groups -OCH3 is 2. The lowest BCUT2D eigenvalue weighted by Gasteiger charge is -2.10. The minimum Gasteiger partial charge on any atom is -0.493 e. The number of nitrogens with one attached hydrogen (secondary N) is 2. The molecule has 0 aliphatic carbocycles. The number of carbonyl (C=O) groups excluding carboxylic acids is 1. The summed E-state index contributed by atoms with van der Waals surface area (Å²) >= 11 is 0. The third kappa shape index (κ3) is 5.28. The van der Waals surface area contributed by atoms with Crippen LogP contribution in [-0.4, -0.2) is 33.2 Å². The monoisotopic (exact) mass is 328 g/mol. The molecule has 0 saturated carbocycles. The molecule has 5 nitrogen and oxygen atoms in total. The van der Waals surface area contributed by atoms with Gasteiger partial charge in [0, 0.05) is 5.69 Å². The summed E-state index contributed by atoms with van der Waals surface area (Å²) in [5.41, 5.74) is 3.10. The predicted molar refractivity (Wildman–Crippen MR) is 95.9 cm³/mol. The first-order valence-corrected chi connectivity index (χ1v) is 7.90.